The average molecular weight is 404 g/mol. The summed E-state index contributed by atoms with van der Waals surface area (Å²) in [6, 6.07) is 11.3. The van der Waals surface area contributed by atoms with E-state index in [1.807, 2.05) is 29.6 Å². The average Bonchev–Trinajstić information content (AvgIpc) is 3.17. The molecular weight excluding hydrogens is 386 g/mol. The molecule has 0 fully saturated rings. The van der Waals surface area contributed by atoms with Crippen LogP contribution in [0.25, 0.3) is 11.3 Å². The summed E-state index contributed by atoms with van der Waals surface area (Å²) in [7, 11) is 4.74. The first-order valence-electron chi connectivity index (χ1n) is 7.96. The quantitative estimate of drug-likeness (QED) is 0.447. The number of thiazole rings is 1. The van der Waals surface area contributed by atoms with Crippen molar-refractivity contribution in [2.24, 2.45) is 5.10 Å². The maximum atomic E-state index is 6.34. The Morgan fingerprint density at radius 1 is 1.04 bits per heavy atom. The second kappa shape index (κ2) is 8.75. The minimum absolute atomic E-state index is 0.427. The minimum atomic E-state index is 0.427. The molecule has 0 bridgehead atoms. The van der Waals surface area contributed by atoms with Crippen LogP contribution in [0.1, 0.15) is 5.56 Å². The van der Waals surface area contributed by atoms with Crippen molar-refractivity contribution >= 4 is 34.3 Å². The second-order valence-electron chi connectivity index (χ2n) is 5.31. The molecule has 6 nitrogen and oxygen atoms in total. The van der Waals surface area contributed by atoms with Crippen molar-refractivity contribution in [1.29, 1.82) is 0 Å². The standard InChI is InChI=1S/C19H18ClN3O3S/c1-24-15-7-5-4-6-13(15)14-11-27-19(22-14)23-21-10-12-8-9-16(25-2)18(26-3)17(12)20/h4-11H,1-3H3,(H,22,23)/b21-10-. The van der Waals surface area contributed by atoms with Gasteiger partial charge in [-0.2, -0.15) is 5.10 Å². The summed E-state index contributed by atoms with van der Waals surface area (Å²) in [6.07, 6.45) is 1.61. The highest BCUT2D eigenvalue weighted by Gasteiger charge is 2.12. The number of nitrogens with zero attached hydrogens (tertiary/aromatic N) is 2. The molecule has 0 spiro atoms. The SMILES string of the molecule is COc1ccccc1-c1csc(N/N=C\c2ccc(OC)c(OC)c2Cl)n1. The number of benzene rings is 2. The van der Waals surface area contributed by atoms with Crippen molar-refractivity contribution in [2.45, 2.75) is 0 Å². The number of anilines is 1. The van der Waals surface area contributed by atoms with Crippen LogP contribution in [-0.2, 0) is 0 Å². The summed E-state index contributed by atoms with van der Waals surface area (Å²) in [5, 5.41) is 7.24. The van der Waals surface area contributed by atoms with E-state index in [9.17, 15) is 0 Å². The number of methoxy groups -OCH3 is 3. The summed E-state index contributed by atoms with van der Waals surface area (Å²) < 4.78 is 15.9. The maximum Gasteiger partial charge on any atom is 0.203 e. The topological polar surface area (TPSA) is 65.0 Å². The summed E-state index contributed by atoms with van der Waals surface area (Å²) in [5.41, 5.74) is 5.36. The lowest BCUT2D eigenvalue weighted by atomic mass is 10.1. The summed E-state index contributed by atoms with van der Waals surface area (Å²) in [5.74, 6) is 1.81. The number of halogens is 1. The smallest absolute Gasteiger partial charge is 0.203 e. The minimum Gasteiger partial charge on any atom is -0.496 e. The van der Waals surface area contributed by atoms with Crippen LogP contribution in [-0.4, -0.2) is 32.5 Å². The van der Waals surface area contributed by atoms with Gasteiger partial charge in [-0.15, -0.1) is 11.3 Å². The van der Waals surface area contributed by atoms with Crippen LogP contribution in [0.4, 0.5) is 5.13 Å². The van der Waals surface area contributed by atoms with E-state index in [0.717, 1.165) is 17.0 Å². The van der Waals surface area contributed by atoms with E-state index in [1.165, 1.54) is 18.4 Å². The molecule has 0 unspecified atom stereocenters. The van der Waals surface area contributed by atoms with Crippen LogP contribution < -0.4 is 19.6 Å². The number of hydrogen-bond acceptors (Lipinski definition) is 7. The first-order chi connectivity index (χ1) is 13.2. The summed E-state index contributed by atoms with van der Waals surface area (Å²) >= 11 is 7.79. The highest BCUT2D eigenvalue weighted by molar-refractivity contribution is 7.14. The number of nitrogens with one attached hydrogen (secondary N) is 1. The number of aromatic nitrogens is 1. The predicted molar refractivity (Wildman–Crippen MR) is 110 cm³/mol. The van der Waals surface area contributed by atoms with Crippen LogP contribution in [0.3, 0.4) is 0 Å². The van der Waals surface area contributed by atoms with Crippen LogP contribution >= 0.6 is 22.9 Å². The Hall–Kier alpha value is -2.77. The van der Waals surface area contributed by atoms with Crippen LogP contribution in [0.2, 0.25) is 5.02 Å². The third-order valence-corrected chi connectivity index (χ3v) is 4.90. The van der Waals surface area contributed by atoms with Gasteiger partial charge >= 0.3 is 0 Å². The highest BCUT2D eigenvalue weighted by Crippen LogP contribution is 2.36. The fourth-order valence-corrected chi connectivity index (χ4v) is 3.41. The molecule has 3 aromatic rings. The molecule has 2 aromatic carbocycles. The van der Waals surface area contributed by atoms with E-state index in [0.29, 0.717) is 27.2 Å². The molecule has 0 radical (unpaired) electrons. The Kier molecular flexibility index (Phi) is 6.16. The first-order valence-corrected chi connectivity index (χ1v) is 9.22. The molecule has 1 N–H and O–H groups in total. The molecule has 0 saturated heterocycles. The van der Waals surface area contributed by atoms with E-state index in [2.05, 4.69) is 15.5 Å². The van der Waals surface area contributed by atoms with Gasteiger partial charge < -0.3 is 14.2 Å². The number of rotatable bonds is 7. The fourth-order valence-electron chi connectivity index (χ4n) is 2.47. The summed E-state index contributed by atoms with van der Waals surface area (Å²) in [4.78, 5) is 4.54. The van der Waals surface area contributed by atoms with Gasteiger partial charge in [0.15, 0.2) is 11.5 Å². The molecule has 0 atom stereocenters. The monoisotopic (exact) mass is 403 g/mol. The predicted octanol–water partition coefficient (Wildman–Crippen LogP) is 4.94. The van der Waals surface area contributed by atoms with Crippen LogP contribution in [0, 0.1) is 0 Å². The van der Waals surface area contributed by atoms with Crippen molar-refractivity contribution < 1.29 is 14.2 Å². The molecule has 1 heterocycles. The normalized spacial score (nSPS) is 10.8. The molecule has 0 aliphatic carbocycles. The van der Waals surface area contributed by atoms with Crippen molar-refractivity contribution in [3.8, 4) is 28.5 Å². The van der Waals surface area contributed by atoms with E-state index in [4.69, 9.17) is 25.8 Å². The Labute approximate surface area is 166 Å². The molecule has 0 amide bonds. The van der Waals surface area contributed by atoms with Gasteiger partial charge in [-0.25, -0.2) is 4.98 Å². The van der Waals surface area contributed by atoms with Gasteiger partial charge in [-0.05, 0) is 24.3 Å². The third kappa shape index (κ3) is 4.15. The first kappa shape index (κ1) is 19.0. The molecule has 0 saturated carbocycles. The van der Waals surface area contributed by atoms with Gasteiger partial charge in [0.2, 0.25) is 5.13 Å². The Bertz CT molecular complexity index is 959. The second-order valence-corrected chi connectivity index (χ2v) is 6.55. The van der Waals surface area contributed by atoms with E-state index in [1.54, 1.807) is 32.6 Å². The van der Waals surface area contributed by atoms with Gasteiger partial charge in [0, 0.05) is 16.5 Å². The van der Waals surface area contributed by atoms with Crippen molar-refractivity contribution in [3.63, 3.8) is 0 Å². The molecule has 0 aliphatic rings. The number of ether oxygens (including phenoxy) is 3. The fraction of sp³-hybridized carbons (Fsp3) is 0.158. The molecule has 8 heteroatoms. The lowest BCUT2D eigenvalue weighted by molar-refractivity contribution is 0.355. The lowest BCUT2D eigenvalue weighted by Gasteiger charge is -2.10. The van der Waals surface area contributed by atoms with Gasteiger partial charge in [-0.3, -0.25) is 5.43 Å². The van der Waals surface area contributed by atoms with Gasteiger partial charge in [-0.1, -0.05) is 23.7 Å². The van der Waals surface area contributed by atoms with Crippen molar-refractivity contribution in [1.82, 2.24) is 4.98 Å². The van der Waals surface area contributed by atoms with Crippen LogP contribution in [0.15, 0.2) is 46.9 Å². The zero-order chi connectivity index (χ0) is 19.2. The molecule has 3 rings (SSSR count). The molecular formula is C19H18ClN3O3S. The molecule has 140 valence electrons. The zero-order valence-electron chi connectivity index (χ0n) is 15.0. The van der Waals surface area contributed by atoms with E-state index >= 15 is 0 Å². The Morgan fingerprint density at radius 2 is 1.81 bits per heavy atom. The lowest BCUT2D eigenvalue weighted by Crippen LogP contribution is -1.96. The molecule has 27 heavy (non-hydrogen) atoms. The van der Waals surface area contributed by atoms with Crippen molar-refractivity contribution in [2.75, 3.05) is 26.8 Å². The largest absolute Gasteiger partial charge is 0.496 e. The Balaban J connectivity index is 1.76. The van der Waals surface area contributed by atoms with E-state index in [-0.39, 0.29) is 0 Å². The van der Waals surface area contributed by atoms with Gasteiger partial charge in [0.25, 0.3) is 0 Å². The summed E-state index contributed by atoms with van der Waals surface area (Å²) in [6.45, 7) is 0. The molecule has 1 aromatic heterocycles. The molecule has 0 aliphatic heterocycles. The highest BCUT2D eigenvalue weighted by atomic mass is 35.5. The van der Waals surface area contributed by atoms with Gasteiger partial charge in [0.05, 0.1) is 38.3 Å². The number of hydrazone groups is 1. The van der Waals surface area contributed by atoms with Crippen LogP contribution in [0.5, 0.6) is 17.2 Å². The van der Waals surface area contributed by atoms with Crippen molar-refractivity contribution in [3.05, 3.63) is 52.4 Å². The zero-order valence-corrected chi connectivity index (χ0v) is 16.6. The number of para-hydroxylation sites is 1. The Morgan fingerprint density at radius 3 is 2.56 bits per heavy atom. The van der Waals surface area contributed by atoms with E-state index < -0.39 is 0 Å². The maximum absolute atomic E-state index is 6.34. The number of hydrogen-bond donors (Lipinski definition) is 1. The third-order valence-electron chi connectivity index (χ3n) is 3.77. The van der Waals surface area contributed by atoms with Gasteiger partial charge in [0.1, 0.15) is 5.75 Å².